The molecule has 2 aromatic carbocycles. The van der Waals surface area contributed by atoms with Gasteiger partial charge in [0.05, 0.1) is 15.7 Å². The Kier molecular flexibility index (Phi) is 6.53. The maximum atomic E-state index is 13.3. The number of carbonyl (C=O) groups excluding carboxylic acids is 1. The van der Waals surface area contributed by atoms with Gasteiger partial charge >= 0.3 is 0 Å². The monoisotopic (exact) mass is 445 g/mol. The largest absolute Gasteiger partial charge is 0.322 e. The van der Waals surface area contributed by atoms with Crippen LogP contribution < -0.4 is 5.32 Å². The van der Waals surface area contributed by atoms with E-state index in [4.69, 9.17) is 11.6 Å². The first kappa shape index (κ1) is 21.6. The summed E-state index contributed by atoms with van der Waals surface area (Å²) in [4.78, 5) is 12.2. The Morgan fingerprint density at radius 3 is 2.38 bits per heavy atom. The van der Waals surface area contributed by atoms with Crippen molar-refractivity contribution < 1.29 is 26.4 Å². The number of hydrogen-bond acceptors (Lipinski definition) is 3. The van der Waals surface area contributed by atoms with Gasteiger partial charge in [0.25, 0.3) is 5.91 Å². The normalized spacial score (nSPS) is 19.7. The van der Waals surface area contributed by atoms with Gasteiger partial charge in [-0.2, -0.15) is 0 Å². The Morgan fingerprint density at radius 2 is 1.72 bits per heavy atom. The first-order chi connectivity index (χ1) is 13.7. The third-order valence-corrected chi connectivity index (χ3v) is 7.30. The van der Waals surface area contributed by atoms with Gasteiger partial charge in [0.1, 0.15) is 6.17 Å². The number of amides is 1. The fourth-order valence-electron chi connectivity index (χ4n) is 3.35. The molecule has 1 aliphatic rings. The van der Waals surface area contributed by atoms with Crippen molar-refractivity contribution in [2.24, 2.45) is 5.92 Å². The second kappa shape index (κ2) is 8.75. The zero-order chi connectivity index (χ0) is 21.2. The minimum atomic E-state index is -3.79. The summed E-state index contributed by atoms with van der Waals surface area (Å²) in [5.41, 5.74) is 0.0291. The van der Waals surface area contributed by atoms with Crippen molar-refractivity contribution in [3.8, 4) is 0 Å². The van der Waals surface area contributed by atoms with Gasteiger partial charge in [-0.15, -0.1) is 0 Å². The highest BCUT2D eigenvalue weighted by Crippen LogP contribution is 2.31. The van der Waals surface area contributed by atoms with Crippen LogP contribution in [0.1, 0.15) is 36.0 Å². The number of halogens is 4. The lowest BCUT2D eigenvalue weighted by Crippen LogP contribution is -2.23. The molecule has 29 heavy (non-hydrogen) atoms. The summed E-state index contributed by atoms with van der Waals surface area (Å²) >= 11 is 6.06. The molecule has 0 bridgehead atoms. The predicted molar refractivity (Wildman–Crippen MR) is 105 cm³/mol. The third kappa shape index (κ3) is 5.30. The van der Waals surface area contributed by atoms with E-state index < -0.39 is 33.6 Å². The molecular weight excluding hydrogens is 427 g/mol. The number of benzene rings is 2. The van der Waals surface area contributed by atoms with Gasteiger partial charge in [-0.05, 0) is 61.9 Å². The van der Waals surface area contributed by atoms with Crippen molar-refractivity contribution in [2.75, 3.05) is 11.1 Å². The lowest BCUT2D eigenvalue weighted by molar-refractivity contribution is 0.102. The highest BCUT2D eigenvalue weighted by molar-refractivity contribution is 7.91. The summed E-state index contributed by atoms with van der Waals surface area (Å²) in [7, 11) is -3.79. The number of hydrogen-bond donors (Lipinski definition) is 1. The zero-order valence-corrected chi connectivity index (χ0v) is 16.9. The van der Waals surface area contributed by atoms with Gasteiger partial charge in [-0.3, -0.25) is 4.79 Å². The van der Waals surface area contributed by atoms with Crippen LogP contribution in [0.5, 0.6) is 0 Å². The maximum absolute atomic E-state index is 13.3. The first-order valence-corrected chi connectivity index (χ1v) is 11.1. The molecule has 0 unspecified atom stereocenters. The van der Waals surface area contributed by atoms with Crippen LogP contribution in [-0.2, 0) is 9.84 Å². The molecule has 0 aromatic heterocycles. The summed E-state index contributed by atoms with van der Waals surface area (Å²) in [6.45, 7) is 0. The van der Waals surface area contributed by atoms with Gasteiger partial charge in [-0.1, -0.05) is 11.6 Å². The van der Waals surface area contributed by atoms with Crippen molar-refractivity contribution >= 4 is 33.0 Å². The van der Waals surface area contributed by atoms with E-state index in [0.717, 1.165) is 18.2 Å². The van der Waals surface area contributed by atoms with Crippen LogP contribution in [0, 0.1) is 17.6 Å². The van der Waals surface area contributed by atoms with Crippen LogP contribution in [0.25, 0.3) is 0 Å². The van der Waals surface area contributed by atoms with Gasteiger partial charge in [0.15, 0.2) is 21.5 Å². The lowest BCUT2D eigenvalue weighted by atomic mass is 9.90. The molecule has 0 atom stereocenters. The number of sulfone groups is 1. The molecule has 4 nitrogen and oxygen atoms in total. The molecule has 1 fully saturated rings. The molecule has 1 N–H and O–H groups in total. The quantitative estimate of drug-likeness (QED) is 0.690. The molecule has 0 aliphatic heterocycles. The zero-order valence-electron chi connectivity index (χ0n) is 15.3. The van der Waals surface area contributed by atoms with E-state index in [2.05, 4.69) is 5.32 Å². The van der Waals surface area contributed by atoms with E-state index in [9.17, 15) is 26.4 Å². The van der Waals surface area contributed by atoms with Gasteiger partial charge < -0.3 is 5.32 Å². The van der Waals surface area contributed by atoms with Crippen LogP contribution in [0.3, 0.4) is 0 Å². The minimum Gasteiger partial charge on any atom is -0.322 e. The molecule has 3 rings (SSSR count). The summed E-state index contributed by atoms with van der Waals surface area (Å²) in [5, 5.41) is 2.37. The number of anilines is 1. The topological polar surface area (TPSA) is 63.2 Å². The molecule has 1 saturated carbocycles. The molecule has 2 aromatic rings. The van der Waals surface area contributed by atoms with Gasteiger partial charge in [-0.25, -0.2) is 21.6 Å². The van der Waals surface area contributed by atoms with E-state index >= 15 is 0 Å². The average Bonchev–Trinajstić information content (AvgIpc) is 2.66. The first-order valence-electron chi connectivity index (χ1n) is 9.08. The minimum absolute atomic E-state index is 0.00479. The standard InChI is InChI=1S/C20H19ClF3NO3S/c21-16-7-3-13(20(26)25-15-6-8-17(23)18(24)10-15)9-19(16)29(27,28)11-12-1-4-14(22)5-2-12/h3,6-10,12,14H,1-2,4-5,11H2,(H,25,26). The van der Waals surface area contributed by atoms with Crippen molar-refractivity contribution in [3.63, 3.8) is 0 Å². The Balaban J connectivity index is 1.79. The van der Waals surface area contributed by atoms with Crippen LogP contribution in [-0.4, -0.2) is 26.2 Å². The Labute approximate surface area is 172 Å². The second-order valence-electron chi connectivity index (χ2n) is 7.13. The summed E-state index contributed by atoms with van der Waals surface area (Å²) in [6, 6.07) is 6.67. The molecule has 0 spiro atoms. The van der Waals surface area contributed by atoms with Crippen LogP contribution in [0.4, 0.5) is 18.9 Å². The Morgan fingerprint density at radius 1 is 1.03 bits per heavy atom. The molecule has 156 valence electrons. The average molecular weight is 446 g/mol. The van der Waals surface area contributed by atoms with Crippen LogP contribution >= 0.6 is 11.6 Å². The van der Waals surface area contributed by atoms with Crippen molar-refractivity contribution in [1.29, 1.82) is 0 Å². The molecule has 1 amide bonds. The van der Waals surface area contributed by atoms with Crippen LogP contribution in [0.15, 0.2) is 41.3 Å². The van der Waals surface area contributed by atoms with Gasteiger partial charge in [0.2, 0.25) is 0 Å². The highest BCUT2D eigenvalue weighted by Gasteiger charge is 2.28. The maximum Gasteiger partial charge on any atom is 0.255 e. The van der Waals surface area contributed by atoms with Gasteiger partial charge in [0, 0.05) is 17.3 Å². The molecule has 0 heterocycles. The molecular formula is C20H19ClF3NO3S. The third-order valence-electron chi connectivity index (χ3n) is 4.94. The van der Waals surface area contributed by atoms with E-state index in [1.54, 1.807) is 0 Å². The Bertz CT molecular complexity index is 1020. The van der Waals surface area contributed by atoms with E-state index in [1.807, 2.05) is 0 Å². The fraction of sp³-hybridized carbons (Fsp3) is 0.350. The molecule has 0 saturated heterocycles. The second-order valence-corrected chi connectivity index (χ2v) is 9.54. The summed E-state index contributed by atoms with van der Waals surface area (Å²) in [5.74, 6) is -3.20. The highest BCUT2D eigenvalue weighted by atomic mass is 35.5. The van der Waals surface area contributed by atoms with E-state index in [1.165, 1.54) is 18.2 Å². The molecule has 0 radical (unpaired) electrons. The van der Waals surface area contributed by atoms with Crippen LogP contribution in [0.2, 0.25) is 5.02 Å². The number of carbonyl (C=O) groups is 1. The van der Waals surface area contributed by atoms with E-state index in [-0.39, 0.29) is 32.8 Å². The SMILES string of the molecule is O=C(Nc1ccc(F)c(F)c1)c1ccc(Cl)c(S(=O)(=O)CC2CCC(F)CC2)c1. The Hall–Kier alpha value is -2.06. The summed E-state index contributed by atoms with van der Waals surface area (Å²) < 4.78 is 65.2. The fourth-order valence-corrected chi connectivity index (χ4v) is 5.62. The number of nitrogens with one attached hydrogen (secondary N) is 1. The lowest BCUT2D eigenvalue weighted by Gasteiger charge is -2.24. The van der Waals surface area contributed by atoms with Crippen molar-refractivity contribution in [2.45, 2.75) is 36.8 Å². The smallest absolute Gasteiger partial charge is 0.255 e. The number of alkyl halides is 1. The summed E-state index contributed by atoms with van der Waals surface area (Å²) in [6.07, 6.45) is 0.749. The number of rotatable bonds is 5. The van der Waals surface area contributed by atoms with E-state index in [0.29, 0.717) is 25.7 Å². The van der Waals surface area contributed by atoms with Crippen molar-refractivity contribution in [1.82, 2.24) is 0 Å². The predicted octanol–water partition coefficient (Wildman–Crippen LogP) is 5.17. The molecule has 1 aliphatic carbocycles. The van der Waals surface area contributed by atoms with Crippen molar-refractivity contribution in [3.05, 3.63) is 58.6 Å². The molecule has 9 heteroatoms.